The van der Waals surface area contributed by atoms with Gasteiger partial charge in [0.2, 0.25) is 5.91 Å². The number of hydrogen-bond acceptors (Lipinski definition) is 4. The Balaban J connectivity index is 1.42. The fourth-order valence-electron chi connectivity index (χ4n) is 5.94. The standard InChI is InChI=1S/C24H28N2O3/c1-28-19-8-5-7-17(13-19)15-25-16-18-14-21(20-9-3-4-10-22(20)29-2)26-12-6-11-24(18,26)23(25)27/h3-5,7-10,13,18,21H,6,11-12,14-16H2,1-2H3/t18-,21-,24-/m0/s1. The van der Waals surface area contributed by atoms with Crippen molar-refractivity contribution in [3.05, 3.63) is 59.7 Å². The van der Waals surface area contributed by atoms with Crippen molar-refractivity contribution in [2.24, 2.45) is 5.92 Å². The molecule has 0 radical (unpaired) electrons. The molecule has 5 nitrogen and oxygen atoms in total. The van der Waals surface area contributed by atoms with E-state index in [2.05, 4.69) is 28.0 Å². The van der Waals surface area contributed by atoms with Crippen LogP contribution in [0.15, 0.2) is 48.5 Å². The Morgan fingerprint density at radius 2 is 1.97 bits per heavy atom. The molecule has 3 fully saturated rings. The third-order valence-electron chi connectivity index (χ3n) is 7.13. The van der Waals surface area contributed by atoms with Gasteiger partial charge in [-0.25, -0.2) is 0 Å². The highest BCUT2D eigenvalue weighted by atomic mass is 16.5. The van der Waals surface area contributed by atoms with E-state index in [0.29, 0.717) is 18.4 Å². The van der Waals surface area contributed by atoms with Crippen molar-refractivity contribution < 1.29 is 14.3 Å². The van der Waals surface area contributed by atoms with Gasteiger partial charge < -0.3 is 14.4 Å². The maximum atomic E-state index is 13.7. The first-order valence-electron chi connectivity index (χ1n) is 10.5. The van der Waals surface area contributed by atoms with E-state index in [4.69, 9.17) is 9.47 Å². The van der Waals surface area contributed by atoms with Crippen LogP contribution in [0.2, 0.25) is 0 Å². The van der Waals surface area contributed by atoms with Crippen molar-refractivity contribution in [2.75, 3.05) is 27.3 Å². The minimum Gasteiger partial charge on any atom is -0.497 e. The Kier molecular flexibility index (Phi) is 4.50. The van der Waals surface area contributed by atoms with Gasteiger partial charge in [0.15, 0.2) is 0 Å². The number of hydrogen-bond donors (Lipinski definition) is 0. The van der Waals surface area contributed by atoms with Crippen molar-refractivity contribution in [3.8, 4) is 11.5 Å². The van der Waals surface area contributed by atoms with Crippen LogP contribution in [0.1, 0.15) is 36.4 Å². The molecule has 5 rings (SSSR count). The lowest BCUT2D eigenvalue weighted by Gasteiger charge is -2.34. The van der Waals surface area contributed by atoms with E-state index in [1.807, 2.05) is 30.3 Å². The van der Waals surface area contributed by atoms with Crippen LogP contribution in [0.5, 0.6) is 11.5 Å². The van der Waals surface area contributed by atoms with E-state index in [1.165, 1.54) is 5.56 Å². The molecule has 3 heterocycles. The average molecular weight is 392 g/mol. The highest BCUT2D eigenvalue weighted by Crippen LogP contribution is 2.57. The van der Waals surface area contributed by atoms with Crippen molar-refractivity contribution >= 4 is 5.91 Å². The molecule has 5 heteroatoms. The summed E-state index contributed by atoms with van der Waals surface area (Å²) in [4.78, 5) is 18.3. The van der Waals surface area contributed by atoms with Gasteiger partial charge in [0, 0.05) is 30.6 Å². The molecule has 2 aromatic rings. The van der Waals surface area contributed by atoms with Gasteiger partial charge in [-0.15, -0.1) is 0 Å². The second-order valence-electron chi connectivity index (χ2n) is 8.45. The number of ether oxygens (including phenoxy) is 2. The van der Waals surface area contributed by atoms with E-state index in [0.717, 1.165) is 49.4 Å². The summed E-state index contributed by atoms with van der Waals surface area (Å²) in [7, 11) is 3.41. The first kappa shape index (κ1) is 18.5. The predicted octanol–water partition coefficient (Wildman–Crippen LogP) is 3.64. The fourth-order valence-corrected chi connectivity index (χ4v) is 5.94. The van der Waals surface area contributed by atoms with Crippen LogP contribution in [-0.4, -0.2) is 48.6 Å². The van der Waals surface area contributed by atoms with Crippen LogP contribution in [0.4, 0.5) is 0 Å². The number of carbonyl (C=O) groups is 1. The van der Waals surface area contributed by atoms with Gasteiger partial charge >= 0.3 is 0 Å². The molecule has 0 N–H and O–H groups in total. The smallest absolute Gasteiger partial charge is 0.243 e. The summed E-state index contributed by atoms with van der Waals surface area (Å²) < 4.78 is 11.0. The summed E-state index contributed by atoms with van der Waals surface area (Å²) in [5.74, 6) is 2.45. The van der Waals surface area contributed by atoms with Crippen molar-refractivity contribution in [1.29, 1.82) is 0 Å². The number of benzene rings is 2. The Morgan fingerprint density at radius 3 is 2.79 bits per heavy atom. The van der Waals surface area contributed by atoms with E-state index in [1.54, 1.807) is 14.2 Å². The molecule has 0 aliphatic carbocycles. The zero-order valence-corrected chi connectivity index (χ0v) is 17.1. The molecule has 0 bridgehead atoms. The number of likely N-dealkylation sites (tertiary alicyclic amines) is 1. The number of para-hydroxylation sites is 1. The quantitative estimate of drug-likeness (QED) is 0.779. The van der Waals surface area contributed by atoms with Crippen LogP contribution in [-0.2, 0) is 11.3 Å². The number of nitrogens with zero attached hydrogens (tertiary/aromatic N) is 2. The third kappa shape index (κ3) is 2.75. The summed E-state index contributed by atoms with van der Waals surface area (Å²) in [6.45, 7) is 2.47. The number of amides is 1. The molecule has 0 unspecified atom stereocenters. The minimum atomic E-state index is -0.329. The predicted molar refractivity (Wildman–Crippen MR) is 111 cm³/mol. The topological polar surface area (TPSA) is 42.0 Å². The maximum Gasteiger partial charge on any atom is 0.243 e. The molecule has 3 aliphatic heterocycles. The molecular formula is C24H28N2O3. The fraction of sp³-hybridized carbons (Fsp3) is 0.458. The molecular weight excluding hydrogens is 364 g/mol. The lowest BCUT2D eigenvalue weighted by molar-refractivity contribution is -0.137. The normalized spacial score (nSPS) is 28.5. The highest BCUT2D eigenvalue weighted by molar-refractivity contribution is 5.90. The second-order valence-corrected chi connectivity index (χ2v) is 8.45. The molecule has 1 amide bonds. The van der Waals surface area contributed by atoms with Crippen molar-refractivity contribution in [1.82, 2.24) is 9.80 Å². The molecule has 3 aliphatic rings. The van der Waals surface area contributed by atoms with E-state index >= 15 is 0 Å². The van der Waals surface area contributed by atoms with Gasteiger partial charge in [-0.05, 0) is 49.6 Å². The Hall–Kier alpha value is -2.53. The summed E-state index contributed by atoms with van der Waals surface area (Å²) in [6, 6.07) is 16.6. The first-order valence-corrected chi connectivity index (χ1v) is 10.5. The van der Waals surface area contributed by atoms with Crippen molar-refractivity contribution in [3.63, 3.8) is 0 Å². The van der Waals surface area contributed by atoms with E-state index in [9.17, 15) is 4.79 Å². The molecule has 2 aromatic carbocycles. The van der Waals surface area contributed by atoms with Gasteiger partial charge in [-0.3, -0.25) is 9.69 Å². The van der Waals surface area contributed by atoms with Crippen LogP contribution in [0.25, 0.3) is 0 Å². The van der Waals surface area contributed by atoms with E-state index < -0.39 is 0 Å². The highest BCUT2D eigenvalue weighted by Gasteiger charge is 2.65. The third-order valence-corrected chi connectivity index (χ3v) is 7.13. The molecule has 152 valence electrons. The Labute approximate surface area is 172 Å². The van der Waals surface area contributed by atoms with Gasteiger partial charge in [-0.1, -0.05) is 30.3 Å². The lowest BCUT2D eigenvalue weighted by Crippen LogP contribution is -2.49. The average Bonchev–Trinajstić information content (AvgIpc) is 3.39. The Morgan fingerprint density at radius 1 is 1.10 bits per heavy atom. The zero-order chi connectivity index (χ0) is 20.0. The number of rotatable bonds is 5. The molecule has 29 heavy (non-hydrogen) atoms. The van der Waals surface area contributed by atoms with Crippen molar-refractivity contribution in [2.45, 2.75) is 37.4 Å². The maximum absolute atomic E-state index is 13.7. The minimum absolute atomic E-state index is 0.265. The van der Waals surface area contributed by atoms with Gasteiger partial charge in [0.25, 0.3) is 0 Å². The van der Waals surface area contributed by atoms with Crippen LogP contribution in [0.3, 0.4) is 0 Å². The molecule has 0 aromatic heterocycles. The van der Waals surface area contributed by atoms with Gasteiger partial charge in [0.05, 0.1) is 14.2 Å². The summed E-state index contributed by atoms with van der Waals surface area (Å²) in [5.41, 5.74) is 2.02. The largest absolute Gasteiger partial charge is 0.497 e. The second kappa shape index (κ2) is 7.06. The van der Waals surface area contributed by atoms with Crippen LogP contribution in [0, 0.1) is 5.92 Å². The summed E-state index contributed by atoms with van der Waals surface area (Å²) in [6.07, 6.45) is 3.07. The zero-order valence-electron chi connectivity index (χ0n) is 17.1. The Bertz CT molecular complexity index is 930. The molecule has 0 saturated carbocycles. The SMILES string of the molecule is COc1cccc(CN2C[C@@H]3C[C@@H](c4ccccc4OC)N4CCC[C@@]34C2=O)c1. The van der Waals surface area contributed by atoms with Gasteiger partial charge in [-0.2, -0.15) is 0 Å². The number of methoxy groups -OCH3 is 2. The number of carbonyl (C=O) groups excluding carboxylic acids is 1. The monoisotopic (exact) mass is 392 g/mol. The summed E-state index contributed by atoms with van der Waals surface area (Å²) >= 11 is 0. The first-order chi connectivity index (χ1) is 14.2. The van der Waals surface area contributed by atoms with Gasteiger partial charge in [0.1, 0.15) is 17.0 Å². The van der Waals surface area contributed by atoms with Crippen LogP contribution >= 0.6 is 0 Å². The molecule has 3 atom stereocenters. The van der Waals surface area contributed by atoms with E-state index in [-0.39, 0.29) is 11.6 Å². The lowest BCUT2D eigenvalue weighted by atomic mass is 9.85. The molecule has 1 spiro atoms. The molecule has 3 saturated heterocycles. The summed E-state index contributed by atoms with van der Waals surface area (Å²) in [5, 5.41) is 0. The van der Waals surface area contributed by atoms with Crippen LogP contribution < -0.4 is 9.47 Å².